The third kappa shape index (κ3) is 2.46. The van der Waals surface area contributed by atoms with Crippen LogP contribution in [0.3, 0.4) is 0 Å². The Kier molecular flexibility index (Phi) is 3.19. The van der Waals surface area contributed by atoms with E-state index >= 15 is 0 Å². The summed E-state index contributed by atoms with van der Waals surface area (Å²) < 4.78 is 31.6. The van der Waals surface area contributed by atoms with Crippen molar-refractivity contribution < 1.29 is 13.5 Å². The van der Waals surface area contributed by atoms with Crippen molar-refractivity contribution in [2.24, 2.45) is 0 Å². The zero-order valence-electron chi connectivity index (χ0n) is 8.51. The maximum absolute atomic E-state index is 13.3. The van der Waals surface area contributed by atoms with Crippen molar-refractivity contribution in [3.63, 3.8) is 0 Å². The smallest absolute Gasteiger partial charge is 0.200 e. The number of ether oxygens (including phenoxy) is 1. The van der Waals surface area contributed by atoms with Crippen LogP contribution in [-0.2, 0) is 0 Å². The number of hydrogen-bond donors (Lipinski definition) is 0. The van der Waals surface area contributed by atoms with Crippen LogP contribution in [0.4, 0.5) is 8.78 Å². The molecular weight excluding hydrogens is 198 g/mol. The first-order valence-corrected chi connectivity index (χ1v) is 5.38. The van der Waals surface area contributed by atoms with Gasteiger partial charge in [0, 0.05) is 0 Å². The molecule has 0 N–H and O–H groups in total. The fraction of sp³-hybridized carbons (Fsp3) is 0.500. The van der Waals surface area contributed by atoms with Crippen molar-refractivity contribution in [2.75, 3.05) is 0 Å². The van der Waals surface area contributed by atoms with Gasteiger partial charge in [0.05, 0.1) is 6.10 Å². The normalized spacial score (nSPS) is 17.7. The van der Waals surface area contributed by atoms with E-state index in [0.29, 0.717) is 0 Å². The van der Waals surface area contributed by atoms with E-state index in [4.69, 9.17) is 4.74 Å². The molecule has 1 aromatic rings. The first kappa shape index (κ1) is 10.4. The fourth-order valence-corrected chi connectivity index (χ4v) is 1.94. The summed E-state index contributed by atoms with van der Waals surface area (Å²) in [5.74, 6) is -1.67. The molecule has 0 radical (unpaired) electrons. The molecule has 82 valence electrons. The molecule has 0 bridgehead atoms. The molecule has 0 unspecified atom stereocenters. The van der Waals surface area contributed by atoms with Gasteiger partial charge in [0.25, 0.3) is 0 Å². The maximum atomic E-state index is 13.3. The molecule has 1 fully saturated rings. The van der Waals surface area contributed by atoms with Crippen LogP contribution in [0.5, 0.6) is 5.75 Å². The highest BCUT2D eigenvalue weighted by molar-refractivity contribution is 5.25. The Hall–Kier alpha value is -1.12. The summed E-state index contributed by atoms with van der Waals surface area (Å²) in [6.45, 7) is 0. The Morgan fingerprint density at radius 3 is 2.53 bits per heavy atom. The lowest BCUT2D eigenvalue weighted by Crippen LogP contribution is -2.20. The third-order valence-electron chi connectivity index (χ3n) is 2.76. The van der Waals surface area contributed by atoms with Gasteiger partial charge in [0.2, 0.25) is 5.82 Å². The van der Waals surface area contributed by atoms with Gasteiger partial charge in [-0.3, -0.25) is 0 Å². The van der Waals surface area contributed by atoms with E-state index in [-0.39, 0.29) is 11.9 Å². The average Bonchev–Trinajstić information content (AvgIpc) is 2.26. The summed E-state index contributed by atoms with van der Waals surface area (Å²) in [7, 11) is 0. The van der Waals surface area contributed by atoms with E-state index in [0.717, 1.165) is 31.7 Å². The molecule has 1 aliphatic rings. The Morgan fingerprint density at radius 2 is 1.80 bits per heavy atom. The van der Waals surface area contributed by atoms with Crippen molar-refractivity contribution >= 4 is 0 Å². The Bertz CT molecular complexity index is 332. The predicted molar refractivity (Wildman–Crippen MR) is 53.9 cm³/mol. The molecule has 0 saturated heterocycles. The molecular formula is C12H14F2O. The van der Waals surface area contributed by atoms with E-state index in [1.807, 2.05) is 0 Å². The minimum absolute atomic E-state index is 0.0434. The molecule has 2 rings (SSSR count). The second kappa shape index (κ2) is 4.60. The lowest BCUT2D eigenvalue weighted by atomic mass is 9.98. The van der Waals surface area contributed by atoms with Crippen molar-refractivity contribution in [3.8, 4) is 5.75 Å². The topological polar surface area (TPSA) is 9.23 Å². The molecule has 1 nitrogen and oxygen atoms in total. The third-order valence-corrected chi connectivity index (χ3v) is 2.76. The summed E-state index contributed by atoms with van der Waals surface area (Å²) >= 11 is 0. The number of benzene rings is 1. The van der Waals surface area contributed by atoms with Crippen LogP contribution in [0, 0.1) is 11.6 Å². The molecule has 1 aromatic carbocycles. The van der Waals surface area contributed by atoms with Gasteiger partial charge in [-0.1, -0.05) is 12.5 Å². The molecule has 0 spiro atoms. The number of hydrogen-bond acceptors (Lipinski definition) is 1. The van der Waals surface area contributed by atoms with Crippen LogP contribution in [0.2, 0.25) is 0 Å². The SMILES string of the molecule is Fc1cccc(OC2CCCCC2)c1F. The molecule has 0 aromatic heterocycles. The molecule has 15 heavy (non-hydrogen) atoms. The highest BCUT2D eigenvalue weighted by atomic mass is 19.2. The van der Waals surface area contributed by atoms with Crippen LogP contribution in [0.1, 0.15) is 32.1 Å². The molecule has 0 aliphatic heterocycles. The summed E-state index contributed by atoms with van der Waals surface area (Å²) in [5.41, 5.74) is 0. The lowest BCUT2D eigenvalue weighted by Gasteiger charge is -2.23. The number of rotatable bonds is 2. The molecule has 3 heteroatoms. The summed E-state index contributed by atoms with van der Waals surface area (Å²) in [6, 6.07) is 4.05. The van der Waals surface area contributed by atoms with Gasteiger partial charge >= 0.3 is 0 Å². The highest BCUT2D eigenvalue weighted by Gasteiger charge is 2.17. The standard InChI is InChI=1S/C12H14F2O/c13-10-7-4-8-11(12(10)14)15-9-5-2-1-3-6-9/h4,7-9H,1-3,5-6H2. The molecule has 1 saturated carbocycles. The van der Waals surface area contributed by atoms with Gasteiger partial charge in [-0.05, 0) is 37.8 Å². The molecule has 0 atom stereocenters. The highest BCUT2D eigenvalue weighted by Crippen LogP contribution is 2.26. The Balaban J connectivity index is 2.06. The first-order valence-electron chi connectivity index (χ1n) is 5.38. The first-order chi connectivity index (χ1) is 7.27. The van der Waals surface area contributed by atoms with Crippen LogP contribution < -0.4 is 4.74 Å². The second-order valence-corrected chi connectivity index (χ2v) is 3.93. The summed E-state index contributed by atoms with van der Waals surface area (Å²) in [4.78, 5) is 0. The largest absolute Gasteiger partial charge is 0.487 e. The van der Waals surface area contributed by atoms with Gasteiger partial charge in [-0.25, -0.2) is 4.39 Å². The van der Waals surface area contributed by atoms with Crippen LogP contribution in [0.25, 0.3) is 0 Å². The minimum atomic E-state index is -0.872. The Morgan fingerprint density at radius 1 is 1.07 bits per heavy atom. The second-order valence-electron chi connectivity index (χ2n) is 3.93. The van der Waals surface area contributed by atoms with Gasteiger partial charge in [-0.15, -0.1) is 0 Å². The van der Waals surface area contributed by atoms with Crippen LogP contribution >= 0.6 is 0 Å². The maximum Gasteiger partial charge on any atom is 0.200 e. The van der Waals surface area contributed by atoms with Gasteiger partial charge < -0.3 is 4.74 Å². The van der Waals surface area contributed by atoms with Gasteiger partial charge in [0.15, 0.2) is 11.6 Å². The molecule has 0 heterocycles. The van der Waals surface area contributed by atoms with Crippen molar-refractivity contribution in [2.45, 2.75) is 38.2 Å². The quantitative estimate of drug-likeness (QED) is 0.726. The molecule has 1 aliphatic carbocycles. The van der Waals surface area contributed by atoms with E-state index < -0.39 is 11.6 Å². The minimum Gasteiger partial charge on any atom is -0.487 e. The zero-order chi connectivity index (χ0) is 10.7. The summed E-state index contributed by atoms with van der Waals surface area (Å²) in [5, 5.41) is 0. The van der Waals surface area contributed by atoms with Crippen molar-refractivity contribution in [1.29, 1.82) is 0 Å². The van der Waals surface area contributed by atoms with Crippen LogP contribution in [-0.4, -0.2) is 6.10 Å². The monoisotopic (exact) mass is 212 g/mol. The van der Waals surface area contributed by atoms with Crippen molar-refractivity contribution in [1.82, 2.24) is 0 Å². The van der Waals surface area contributed by atoms with Crippen LogP contribution in [0.15, 0.2) is 18.2 Å². The average molecular weight is 212 g/mol. The van der Waals surface area contributed by atoms with Crippen molar-refractivity contribution in [3.05, 3.63) is 29.8 Å². The lowest BCUT2D eigenvalue weighted by molar-refractivity contribution is 0.147. The zero-order valence-corrected chi connectivity index (χ0v) is 8.51. The number of halogens is 2. The predicted octanol–water partition coefficient (Wildman–Crippen LogP) is 3.68. The van der Waals surface area contributed by atoms with E-state index in [1.54, 1.807) is 0 Å². The van der Waals surface area contributed by atoms with Gasteiger partial charge in [-0.2, -0.15) is 4.39 Å². The van der Waals surface area contributed by atoms with Gasteiger partial charge in [0.1, 0.15) is 0 Å². The van der Waals surface area contributed by atoms with E-state index in [2.05, 4.69) is 0 Å². The van der Waals surface area contributed by atoms with E-state index in [1.165, 1.54) is 18.6 Å². The fourth-order valence-electron chi connectivity index (χ4n) is 1.94. The van der Waals surface area contributed by atoms with E-state index in [9.17, 15) is 8.78 Å². The summed E-state index contributed by atoms with van der Waals surface area (Å²) in [6.07, 6.45) is 5.37. The Labute approximate surface area is 88.1 Å². The molecule has 0 amide bonds.